The van der Waals surface area contributed by atoms with Gasteiger partial charge in [-0.25, -0.2) is 4.79 Å². The average molecular weight is 392 g/mol. The Morgan fingerprint density at radius 2 is 1.68 bits per heavy atom. The quantitative estimate of drug-likeness (QED) is 0.457. The Balaban J connectivity index is 2.47. The second-order valence-corrected chi connectivity index (χ2v) is 6.80. The summed E-state index contributed by atoms with van der Waals surface area (Å²) in [5.41, 5.74) is 5.95. The van der Waals surface area contributed by atoms with E-state index < -0.39 is 35.9 Å². The molecule has 5 N–H and O–H groups in total. The second-order valence-electron chi connectivity index (χ2n) is 6.80. The minimum atomic E-state index is -0.856. The van der Waals surface area contributed by atoms with Crippen LogP contribution in [0.25, 0.3) is 0 Å². The van der Waals surface area contributed by atoms with Gasteiger partial charge in [-0.1, -0.05) is 44.2 Å². The SMILES string of the molecule is CC(C)C[C@H](NC(=O)CNC(=O)OCc1ccccc1)C(=O)N[C@@H](C)C(N)=O. The van der Waals surface area contributed by atoms with Gasteiger partial charge in [-0.05, 0) is 24.8 Å². The van der Waals surface area contributed by atoms with Crippen molar-refractivity contribution in [1.29, 1.82) is 0 Å². The van der Waals surface area contributed by atoms with E-state index in [9.17, 15) is 19.2 Å². The molecule has 9 nitrogen and oxygen atoms in total. The molecule has 0 spiro atoms. The lowest BCUT2D eigenvalue weighted by atomic mass is 10.0. The van der Waals surface area contributed by atoms with E-state index in [1.54, 1.807) is 0 Å². The summed E-state index contributed by atoms with van der Waals surface area (Å²) in [6.45, 7) is 4.98. The molecule has 4 amide bonds. The fraction of sp³-hybridized carbons (Fsp3) is 0.474. The topological polar surface area (TPSA) is 140 Å². The largest absolute Gasteiger partial charge is 0.445 e. The third-order valence-corrected chi connectivity index (χ3v) is 3.75. The van der Waals surface area contributed by atoms with Gasteiger partial charge < -0.3 is 26.4 Å². The normalized spacial score (nSPS) is 12.6. The fourth-order valence-corrected chi connectivity index (χ4v) is 2.26. The fourth-order valence-electron chi connectivity index (χ4n) is 2.26. The first-order valence-corrected chi connectivity index (χ1v) is 9.02. The molecular weight excluding hydrogens is 364 g/mol. The molecule has 0 aliphatic carbocycles. The first kappa shape index (κ1) is 22.9. The predicted molar refractivity (Wildman–Crippen MR) is 103 cm³/mol. The van der Waals surface area contributed by atoms with Crippen molar-refractivity contribution in [3.8, 4) is 0 Å². The number of nitrogens with two attached hydrogens (primary N) is 1. The number of nitrogens with one attached hydrogen (secondary N) is 3. The van der Waals surface area contributed by atoms with Crippen LogP contribution in [0.2, 0.25) is 0 Å². The first-order valence-electron chi connectivity index (χ1n) is 9.02. The number of hydrogen-bond donors (Lipinski definition) is 4. The molecule has 0 heterocycles. The van der Waals surface area contributed by atoms with E-state index in [4.69, 9.17) is 10.5 Å². The number of rotatable bonds is 10. The van der Waals surface area contributed by atoms with Crippen LogP contribution in [0.1, 0.15) is 32.8 Å². The summed E-state index contributed by atoms with van der Waals surface area (Å²) in [6.07, 6.45) is -0.382. The molecule has 1 aromatic rings. The highest BCUT2D eigenvalue weighted by molar-refractivity contribution is 5.92. The summed E-state index contributed by atoms with van der Waals surface area (Å²) in [6, 6.07) is 7.40. The number of benzene rings is 1. The maximum atomic E-state index is 12.3. The zero-order chi connectivity index (χ0) is 21.1. The van der Waals surface area contributed by atoms with Crippen molar-refractivity contribution >= 4 is 23.8 Å². The summed E-state index contributed by atoms with van der Waals surface area (Å²) in [5, 5.41) is 7.33. The Morgan fingerprint density at radius 3 is 2.25 bits per heavy atom. The number of carbonyl (C=O) groups is 4. The van der Waals surface area contributed by atoms with Crippen LogP contribution in [0.3, 0.4) is 0 Å². The van der Waals surface area contributed by atoms with Crippen LogP contribution in [-0.2, 0) is 25.7 Å². The Morgan fingerprint density at radius 1 is 1.04 bits per heavy atom. The molecule has 9 heteroatoms. The highest BCUT2D eigenvalue weighted by Crippen LogP contribution is 2.05. The zero-order valence-electron chi connectivity index (χ0n) is 16.4. The lowest BCUT2D eigenvalue weighted by Crippen LogP contribution is -2.53. The molecule has 28 heavy (non-hydrogen) atoms. The van der Waals surface area contributed by atoms with Crippen LogP contribution in [0.4, 0.5) is 4.79 Å². The van der Waals surface area contributed by atoms with Crippen molar-refractivity contribution in [3.63, 3.8) is 0 Å². The molecule has 0 unspecified atom stereocenters. The van der Waals surface area contributed by atoms with Gasteiger partial charge in [-0.2, -0.15) is 0 Å². The number of ether oxygens (including phenoxy) is 1. The molecule has 0 aromatic heterocycles. The first-order chi connectivity index (χ1) is 13.2. The molecule has 0 bridgehead atoms. The van der Waals surface area contributed by atoms with Crippen LogP contribution in [0.5, 0.6) is 0 Å². The van der Waals surface area contributed by atoms with Gasteiger partial charge in [0.15, 0.2) is 0 Å². The average Bonchev–Trinajstić information content (AvgIpc) is 2.64. The molecule has 0 aliphatic heterocycles. The highest BCUT2D eigenvalue weighted by Gasteiger charge is 2.24. The number of primary amides is 1. The third-order valence-electron chi connectivity index (χ3n) is 3.75. The summed E-state index contributed by atoms with van der Waals surface area (Å²) in [4.78, 5) is 47.2. The number of amides is 4. The molecule has 154 valence electrons. The minimum absolute atomic E-state index is 0.0810. The minimum Gasteiger partial charge on any atom is -0.445 e. The molecule has 0 fully saturated rings. The van der Waals surface area contributed by atoms with Crippen LogP contribution < -0.4 is 21.7 Å². The van der Waals surface area contributed by atoms with Crippen molar-refractivity contribution in [2.75, 3.05) is 6.54 Å². The van der Waals surface area contributed by atoms with Gasteiger partial charge in [0.05, 0.1) is 0 Å². The van der Waals surface area contributed by atoms with Crippen LogP contribution in [0.15, 0.2) is 30.3 Å². The summed E-state index contributed by atoms with van der Waals surface area (Å²) >= 11 is 0. The van der Waals surface area contributed by atoms with E-state index in [-0.39, 0.29) is 19.1 Å². The van der Waals surface area contributed by atoms with Gasteiger partial charge >= 0.3 is 6.09 Å². The van der Waals surface area contributed by atoms with Crippen LogP contribution >= 0.6 is 0 Å². The number of alkyl carbamates (subject to hydrolysis) is 1. The maximum Gasteiger partial charge on any atom is 0.407 e. The van der Waals surface area contributed by atoms with Gasteiger partial charge in [-0.15, -0.1) is 0 Å². The van der Waals surface area contributed by atoms with Crippen molar-refractivity contribution in [3.05, 3.63) is 35.9 Å². The van der Waals surface area contributed by atoms with Gasteiger partial charge in [0.25, 0.3) is 0 Å². The van der Waals surface area contributed by atoms with Crippen LogP contribution in [0, 0.1) is 5.92 Å². The van der Waals surface area contributed by atoms with Crippen molar-refractivity contribution in [2.24, 2.45) is 11.7 Å². The van der Waals surface area contributed by atoms with Crippen molar-refractivity contribution in [2.45, 2.75) is 45.9 Å². The second kappa shape index (κ2) is 11.6. The molecule has 1 aromatic carbocycles. The van der Waals surface area contributed by atoms with E-state index in [0.29, 0.717) is 6.42 Å². The van der Waals surface area contributed by atoms with E-state index in [1.165, 1.54) is 6.92 Å². The van der Waals surface area contributed by atoms with Crippen LogP contribution in [-0.4, -0.2) is 42.4 Å². The zero-order valence-corrected chi connectivity index (χ0v) is 16.4. The predicted octanol–water partition coefficient (Wildman–Crippen LogP) is 0.434. The standard InChI is InChI=1S/C19H28N4O5/c1-12(2)9-15(18(26)22-13(3)17(20)25)23-16(24)10-21-19(27)28-11-14-7-5-4-6-8-14/h4-8,12-13,15H,9-11H2,1-3H3,(H2,20,25)(H,21,27)(H,22,26)(H,23,24)/t13-,15-/m0/s1. The Labute approximate surface area is 164 Å². The molecule has 1 rings (SSSR count). The van der Waals surface area contributed by atoms with Crippen molar-refractivity contribution in [1.82, 2.24) is 16.0 Å². The van der Waals surface area contributed by atoms with Crippen molar-refractivity contribution < 1.29 is 23.9 Å². The Hall–Kier alpha value is -3.10. The Kier molecular flexibility index (Phi) is 9.49. The summed E-state index contributed by atoms with van der Waals surface area (Å²) in [7, 11) is 0. The van der Waals surface area contributed by atoms with E-state index >= 15 is 0 Å². The van der Waals surface area contributed by atoms with Gasteiger partial charge in [0.2, 0.25) is 17.7 Å². The monoisotopic (exact) mass is 392 g/mol. The molecule has 0 saturated carbocycles. The Bertz CT molecular complexity index is 678. The van der Waals surface area contributed by atoms with Gasteiger partial charge in [0.1, 0.15) is 25.2 Å². The number of hydrogen-bond acceptors (Lipinski definition) is 5. The molecule has 0 saturated heterocycles. The third kappa shape index (κ3) is 9.02. The molecule has 2 atom stereocenters. The maximum absolute atomic E-state index is 12.3. The number of carbonyl (C=O) groups excluding carboxylic acids is 4. The van der Waals surface area contributed by atoms with E-state index in [2.05, 4.69) is 16.0 Å². The molecule has 0 radical (unpaired) electrons. The molecular formula is C19H28N4O5. The van der Waals surface area contributed by atoms with E-state index in [1.807, 2.05) is 44.2 Å². The smallest absolute Gasteiger partial charge is 0.407 e. The van der Waals surface area contributed by atoms with Gasteiger partial charge in [-0.3, -0.25) is 14.4 Å². The van der Waals surface area contributed by atoms with Gasteiger partial charge in [0, 0.05) is 0 Å². The lowest BCUT2D eigenvalue weighted by Gasteiger charge is -2.21. The lowest BCUT2D eigenvalue weighted by molar-refractivity contribution is -0.131. The summed E-state index contributed by atoms with van der Waals surface area (Å²) < 4.78 is 5.01. The summed E-state index contributed by atoms with van der Waals surface area (Å²) in [5.74, 6) is -1.63. The van der Waals surface area contributed by atoms with E-state index in [0.717, 1.165) is 5.56 Å². The highest BCUT2D eigenvalue weighted by atomic mass is 16.5. The molecule has 0 aliphatic rings.